The van der Waals surface area contributed by atoms with Gasteiger partial charge in [0.1, 0.15) is 5.75 Å². The predicted octanol–water partition coefficient (Wildman–Crippen LogP) is 3.97. The van der Waals surface area contributed by atoms with E-state index in [0.29, 0.717) is 0 Å². The van der Waals surface area contributed by atoms with Gasteiger partial charge in [-0.05, 0) is 35.4 Å². The van der Waals surface area contributed by atoms with Gasteiger partial charge >= 0.3 is 0 Å². The summed E-state index contributed by atoms with van der Waals surface area (Å²) in [7, 11) is 1.68. The lowest BCUT2D eigenvalue weighted by molar-refractivity contribution is 0.415. The summed E-state index contributed by atoms with van der Waals surface area (Å²) in [6.45, 7) is 0. The Bertz CT molecular complexity index is 643. The fourth-order valence-corrected chi connectivity index (χ4v) is 2.53. The van der Waals surface area contributed by atoms with Crippen LogP contribution in [0, 0.1) is 0 Å². The van der Waals surface area contributed by atoms with Gasteiger partial charge in [0, 0.05) is 0 Å². The molecule has 0 saturated carbocycles. The first kappa shape index (κ1) is 10.3. The molecule has 1 aromatic heterocycles. The number of nitrogens with zero attached hydrogens (tertiary/aromatic N) is 1. The fourth-order valence-electron chi connectivity index (χ4n) is 1.82. The number of thiazole rings is 1. The van der Waals surface area contributed by atoms with Gasteiger partial charge in [-0.25, -0.2) is 4.98 Å². The highest BCUT2D eigenvalue weighted by molar-refractivity contribution is 7.16. The Labute approximate surface area is 104 Å². The van der Waals surface area contributed by atoms with Gasteiger partial charge in [-0.2, -0.15) is 0 Å². The molecule has 3 heteroatoms. The average molecular weight is 241 g/mol. The summed E-state index contributed by atoms with van der Waals surface area (Å²) in [6.07, 6.45) is 0. The highest BCUT2D eigenvalue weighted by atomic mass is 32.1. The highest BCUT2D eigenvalue weighted by Gasteiger charge is 2.01. The lowest BCUT2D eigenvalue weighted by Crippen LogP contribution is -1.82. The first-order chi connectivity index (χ1) is 8.36. The van der Waals surface area contributed by atoms with E-state index in [1.165, 1.54) is 15.8 Å². The van der Waals surface area contributed by atoms with Crippen LogP contribution in [0.5, 0.6) is 5.75 Å². The number of ether oxygens (including phenoxy) is 1. The molecule has 2 nitrogen and oxygen atoms in total. The third-order valence-corrected chi connectivity index (χ3v) is 3.55. The molecule has 2 aromatic carbocycles. The summed E-state index contributed by atoms with van der Waals surface area (Å²) in [5.41, 5.74) is 5.35. The monoisotopic (exact) mass is 241 g/mol. The molecule has 0 N–H and O–H groups in total. The van der Waals surface area contributed by atoms with Gasteiger partial charge in [-0.3, -0.25) is 0 Å². The number of hydrogen-bond acceptors (Lipinski definition) is 3. The SMILES string of the molecule is COc1ccc(-c2ccc3ncsc3c2)cc1. The Morgan fingerprint density at radius 1 is 1.00 bits per heavy atom. The zero-order valence-electron chi connectivity index (χ0n) is 9.38. The van der Waals surface area contributed by atoms with E-state index in [-0.39, 0.29) is 0 Å². The second kappa shape index (κ2) is 4.18. The van der Waals surface area contributed by atoms with Crippen molar-refractivity contribution in [1.82, 2.24) is 4.98 Å². The second-order valence-corrected chi connectivity index (χ2v) is 4.65. The maximum absolute atomic E-state index is 5.15. The maximum atomic E-state index is 5.15. The van der Waals surface area contributed by atoms with E-state index in [9.17, 15) is 0 Å². The molecule has 1 heterocycles. The summed E-state index contributed by atoms with van der Waals surface area (Å²) in [6, 6.07) is 14.4. The lowest BCUT2D eigenvalue weighted by Gasteiger charge is -2.03. The number of benzene rings is 2. The summed E-state index contributed by atoms with van der Waals surface area (Å²) in [5, 5.41) is 0. The van der Waals surface area contributed by atoms with Gasteiger partial charge in [0.25, 0.3) is 0 Å². The molecule has 0 fully saturated rings. The van der Waals surface area contributed by atoms with E-state index >= 15 is 0 Å². The fraction of sp³-hybridized carbons (Fsp3) is 0.0714. The summed E-state index contributed by atoms with van der Waals surface area (Å²) in [5.74, 6) is 0.882. The predicted molar refractivity (Wildman–Crippen MR) is 71.6 cm³/mol. The van der Waals surface area contributed by atoms with Gasteiger partial charge in [-0.15, -0.1) is 11.3 Å². The number of hydrogen-bond donors (Lipinski definition) is 0. The molecular formula is C14H11NOS. The number of aromatic nitrogens is 1. The van der Waals surface area contributed by atoms with E-state index in [0.717, 1.165) is 11.3 Å². The highest BCUT2D eigenvalue weighted by Crippen LogP contribution is 2.27. The standard InChI is InChI=1S/C14H11NOS/c1-16-12-5-2-10(3-6-12)11-4-7-13-14(8-11)17-9-15-13/h2-9H,1H3. The first-order valence-corrected chi connectivity index (χ1v) is 6.22. The summed E-state index contributed by atoms with van der Waals surface area (Å²) in [4.78, 5) is 4.28. The van der Waals surface area contributed by atoms with Crippen LogP contribution < -0.4 is 4.74 Å². The van der Waals surface area contributed by atoms with Crippen LogP contribution in [0.1, 0.15) is 0 Å². The molecule has 84 valence electrons. The minimum absolute atomic E-state index is 0.882. The van der Waals surface area contributed by atoms with Crippen molar-refractivity contribution in [2.75, 3.05) is 7.11 Å². The third-order valence-electron chi connectivity index (χ3n) is 2.75. The second-order valence-electron chi connectivity index (χ2n) is 3.76. The van der Waals surface area contributed by atoms with Crippen LogP contribution in [0.15, 0.2) is 48.0 Å². The van der Waals surface area contributed by atoms with Crippen molar-refractivity contribution in [2.24, 2.45) is 0 Å². The molecule has 0 aliphatic carbocycles. The third kappa shape index (κ3) is 1.89. The van der Waals surface area contributed by atoms with Crippen molar-refractivity contribution in [1.29, 1.82) is 0 Å². The molecule has 3 aromatic rings. The topological polar surface area (TPSA) is 22.1 Å². The molecule has 0 bridgehead atoms. The summed E-state index contributed by atoms with van der Waals surface area (Å²) < 4.78 is 6.38. The van der Waals surface area contributed by atoms with Crippen molar-refractivity contribution in [3.63, 3.8) is 0 Å². The molecule has 0 aliphatic rings. The molecule has 3 rings (SSSR count). The van der Waals surface area contributed by atoms with E-state index < -0.39 is 0 Å². The van der Waals surface area contributed by atoms with Crippen LogP contribution >= 0.6 is 11.3 Å². The molecule has 0 unspecified atom stereocenters. The van der Waals surface area contributed by atoms with E-state index in [2.05, 4.69) is 35.3 Å². The Morgan fingerprint density at radius 3 is 2.53 bits per heavy atom. The molecular weight excluding hydrogens is 230 g/mol. The quantitative estimate of drug-likeness (QED) is 0.677. The molecule has 0 aliphatic heterocycles. The van der Waals surface area contributed by atoms with Crippen LogP contribution in [-0.4, -0.2) is 12.1 Å². The lowest BCUT2D eigenvalue weighted by atomic mass is 10.1. The van der Waals surface area contributed by atoms with Crippen LogP contribution in [0.25, 0.3) is 21.3 Å². The van der Waals surface area contributed by atoms with Crippen LogP contribution in [0.3, 0.4) is 0 Å². The zero-order valence-corrected chi connectivity index (χ0v) is 10.2. The van der Waals surface area contributed by atoms with Crippen molar-refractivity contribution < 1.29 is 4.74 Å². The largest absolute Gasteiger partial charge is 0.497 e. The van der Waals surface area contributed by atoms with Crippen molar-refractivity contribution in [3.05, 3.63) is 48.0 Å². The van der Waals surface area contributed by atoms with Gasteiger partial charge in [0.2, 0.25) is 0 Å². The zero-order chi connectivity index (χ0) is 11.7. The van der Waals surface area contributed by atoms with E-state index in [4.69, 9.17) is 4.74 Å². The Hall–Kier alpha value is -1.87. The van der Waals surface area contributed by atoms with Gasteiger partial charge in [0.05, 0.1) is 22.8 Å². The minimum atomic E-state index is 0.882. The first-order valence-electron chi connectivity index (χ1n) is 5.34. The van der Waals surface area contributed by atoms with Crippen LogP contribution in [-0.2, 0) is 0 Å². The van der Waals surface area contributed by atoms with E-state index in [1.807, 2.05) is 17.6 Å². The number of methoxy groups -OCH3 is 1. The van der Waals surface area contributed by atoms with Crippen molar-refractivity contribution in [3.8, 4) is 16.9 Å². The number of rotatable bonds is 2. The van der Waals surface area contributed by atoms with Crippen molar-refractivity contribution in [2.45, 2.75) is 0 Å². The Morgan fingerprint density at radius 2 is 1.76 bits per heavy atom. The molecule has 17 heavy (non-hydrogen) atoms. The van der Waals surface area contributed by atoms with Gasteiger partial charge in [0.15, 0.2) is 0 Å². The molecule has 0 saturated heterocycles. The van der Waals surface area contributed by atoms with Crippen LogP contribution in [0.4, 0.5) is 0 Å². The Balaban J connectivity index is 2.06. The van der Waals surface area contributed by atoms with E-state index in [1.54, 1.807) is 18.4 Å². The Kier molecular flexibility index (Phi) is 2.53. The number of fused-ring (bicyclic) bond motifs is 1. The average Bonchev–Trinajstić information content (AvgIpc) is 2.86. The van der Waals surface area contributed by atoms with Gasteiger partial charge < -0.3 is 4.74 Å². The van der Waals surface area contributed by atoms with Gasteiger partial charge in [-0.1, -0.05) is 18.2 Å². The molecule has 0 amide bonds. The normalized spacial score (nSPS) is 10.6. The molecule has 0 radical (unpaired) electrons. The maximum Gasteiger partial charge on any atom is 0.118 e. The van der Waals surface area contributed by atoms with Crippen LogP contribution in [0.2, 0.25) is 0 Å². The molecule has 0 spiro atoms. The summed E-state index contributed by atoms with van der Waals surface area (Å²) >= 11 is 1.67. The smallest absolute Gasteiger partial charge is 0.118 e. The molecule has 0 atom stereocenters. The van der Waals surface area contributed by atoms with Crippen molar-refractivity contribution >= 4 is 21.6 Å². The minimum Gasteiger partial charge on any atom is -0.497 e.